The van der Waals surface area contributed by atoms with Gasteiger partial charge in [-0.15, -0.1) is 0 Å². The average Bonchev–Trinajstić information content (AvgIpc) is 3.25. The molecule has 0 N–H and O–H groups in total. The molecule has 0 amide bonds. The van der Waals surface area contributed by atoms with Crippen molar-refractivity contribution in [2.24, 2.45) is 53.3 Å². The van der Waals surface area contributed by atoms with Crippen molar-refractivity contribution in [3.05, 3.63) is 0 Å². The normalized spacial score (nSPS) is 36.0. The Bertz CT molecular complexity index is 1090. The van der Waals surface area contributed by atoms with Crippen LogP contribution in [0.1, 0.15) is 193 Å². The predicted octanol–water partition coefficient (Wildman–Crippen LogP) is 14.8. The molecule has 0 aromatic carbocycles. The number of unbranched alkanes of at least 4 members (excludes halogenated alkanes) is 5. The number of ether oxygens (including phenoxy) is 5. The molecule has 352 valence electrons. The van der Waals surface area contributed by atoms with Gasteiger partial charge in [-0.05, 0) is 145 Å². The van der Waals surface area contributed by atoms with Gasteiger partial charge in [-0.1, -0.05) is 64.7 Å². The summed E-state index contributed by atoms with van der Waals surface area (Å²) < 4.78 is 103. The van der Waals surface area contributed by atoms with Crippen LogP contribution in [-0.4, -0.2) is 64.6 Å². The van der Waals surface area contributed by atoms with Crippen LogP contribution in [0.25, 0.3) is 0 Å². The molecule has 0 spiro atoms. The third-order valence-corrected chi connectivity index (χ3v) is 15.8. The molecule has 0 unspecified atom stereocenters. The monoisotopic (exact) mass is 867 g/mol. The summed E-state index contributed by atoms with van der Waals surface area (Å²) >= 11 is 0. The Labute approximate surface area is 360 Å². The summed E-state index contributed by atoms with van der Waals surface area (Å²) in [5.74, 6) is 5.63. The van der Waals surface area contributed by atoms with Gasteiger partial charge in [-0.2, -0.15) is 26.3 Å². The molecular weight excluding hydrogens is 783 g/mol. The van der Waals surface area contributed by atoms with Gasteiger partial charge < -0.3 is 23.7 Å². The summed E-state index contributed by atoms with van der Waals surface area (Å²) in [5.41, 5.74) is 0. The first kappa shape index (κ1) is 50.4. The molecule has 0 bridgehead atoms. The second-order valence-electron chi connectivity index (χ2n) is 20.3. The van der Waals surface area contributed by atoms with Gasteiger partial charge in [0.05, 0.1) is 32.5 Å². The minimum atomic E-state index is -4.06. The fourth-order valence-corrected chi connectivity index (χ4v) is 11.9. The van der Waals surface area contributed by atoms with Crippen LogP contribution in [-0.2, 0) is 23.7 Å². The summed E-state index contributed by atoms with van der Waals surface area (Å²) in [6.07, 6.45) is 22.6. The van der Waals surface area contributed by atoms with E-state index in [1.54, 1.807) is 0 Å². The van der Waals surface area contributed by atoms with E-state index >= 15 is 0 Å². The van der Waals surface area contributed by atoms with Gasteiger partial charge in [-0.3, -0.25) is 0 Å². The molecule has 2 saturated heterocycles. The number of alkyl halides is 6. The second kappa shape index (κ2) is 26.4. The lowest BCUT2D eigenvalue weighted by Gasteiger charge is -2.41. The van der Waals surface area contributed by atoms with Crippen LogP contribution in [0.2, 0.25) is 0 Å². The van der Waals surface area contributed by atoms with Gasteiger partial charge in [0.15, 0.2) is 12.6 Å². The average molecular weight is 867 g/mol. The molecule has 6 rings (SSSR count). The zero-order valence-corrected chi connectivity index (χ0v) is 37.6. The maximum Gasteiger partial charge on any atom is 0.389 e. The van der Waals surface area contributed by atoms with Crippen molar-refractivity contribution in [3.8, 4) is 0 Å². The SMILES string of the molecule is CCCCCCCCC1CCC(C2CCC(C3OCC(CCCC(F)(F)F)CO3)CC2)CC1.COC1CCC(C2CCC(C3OCC(CCCC(F)(F)F)CO3)CC2)CC1. The quantitative estimate of drug-likeness (QED) is 0.101. The van der Waals surface area contributed by atoms with Crippen molar-refractivity contribution >= 4 is 0 Å². The van der Waals surface area contributed by atoms with E-state index in [9.17, 15) is 26.3 Å². The second-order valence-corrected chi connectivity index (χ2v) is 20.3. The van der Waals surface area contributed by atoms with Gasteiger partial charge in [-0.25, -0.2) is 0 Å². The van der Waals surface area contributed by atoms with Crippen LogP contribution < -0.4 is 0 Å². The molecule has 0 atom stereocenters. The maximum absolute atomic E-state index is 12.3. The number of halogens is 6. The standard InChI is InChI=1S/C28H49F3O2.C21H35F3O3/c1-2-3-4-5-6-7-9-22-11-13-24(14-12-22)25-15-17-26(18-16-25)27-32-20-23(21-33-27)10-8-19-28(29,30)31;1-25-19-10-8-17(9-11-19)16-4-6-18(7-5-16)20-26-13-15(14-27-20)3-2-12-21(22,23)24/h22-27H,2-21H2,1H3;15-20H,2-14H2,1H3. The summed E-state index contributed by atoms with van der Waals surface area (Å²) in [5, 5.41) is 0. The zero-order valence-electron chi connectivity index (χ0n) is 37.6. The van der Waals surface area contributed by atoms with Crippen LogP contribution in [0.4, 0.5) is 26.3 Å². The van der Waals surface area contributed by atoms with Gasteiger partial charge in [0.1, 0.15) is 0 Å². The highest BCUT2D eigenvalue weighted by molar-refractivity contribution is 4.85. The smallest absolute Gasteiger partial charge is 0.381 e. The van der Waals surface area contributed by atoms with Crippen molar-refractivity contribution in [2.75, 3.05) is 33.5 Å². The highest BCUT2D eigenvalue weighted by Gasteiger charge is 2.38. The maximum atomic E-state index is 12.3. The molecule has 60 heavy (non-hydrogen) atoms. The van der Waals surface area contributed by atoms with Gasteiger partial charge in [0, 0.05) is 43.6 Å². The minimum absolute atomic E-state index is 0.107. The Morgan fingerprint density at radius 2 is 0.733 bits per heavy atom. The van der Waals surface area contributed by atoms with Crippen molar-refractivity contribution in [3.63, 3.8) is 0 Å². The van der Waals surface area contributed by atoms with Crippen molar-refractivity contribution in [2.45, 2.75) is 224 Å². The van der Waals surface area contributed by atoms with Gasteiger partial charge >= 0.3 is 12.4 Å². The lowest BCUT2D eigenvalue weighted by Crippen LogP contribution is -2.39. The Kier molecular flexibility index (Phi) is 22.1. The molecule has 0 aromatic rings. The molecule has 6 fully saturated rings. The van der Waals surface area contributed by atoms with Crippen LogP contribution in [0, 0.1) is 53.3 Å². The molecule has 0 aromatic heterocycles. The molecule has 0 radical (unpaired) electrons. The fraction of sp³-hybridized carbons (Fsp3) is 1.00. The lowest BCUT2D eigenvalue weighted by molar-refractivity contribution is -0.231. The van der Waals surface area contributed by atoms with E-state index in [4.69, 9.17) is 23.7 Å². The highest BCUT2D eigenvalue weighted by atomic mass is 19.4. The number of hydrogen-bond donors (Lipinski definition) is 0. The summed E-state index contributed by atoms with van der Waals surface area (Å²) in [4.78, 5) is 0. The van der Waals surface area contributed by atoms with Crippen LogP contribution in [0.3, 0.4) is 0 Å². The molecule has 2 aliphatic heterocycles. The van der Waals surface area contributed by atoms with E-state index < -0.39 is 25.2 Å². The van der Waals surface area contributed by atoms with Gasteiger partial charge in [0.2, 0.25) is 0 Å². The van der Waals surface area contributed by atoms with E-state index in [2.05, 4.69) is 6.92 Å². The lowest BCUT2D eigenvalue weighted by atomic mass is 9.68. The molecule has 6 aliphatic rings. The topological polar surface area (TPSA) is 46.2 Å². The fourth-order valence-electron chi connectivity index (χ4n) is 11.9. The number of rotatable bonds is 18. The molecule has 5 nitrogen and oxygen atoms in total. The first-order valence-electron chi connectivity index (χ1n) is 25.0. The van der Waals surface area contributed by atoms with E-state index in [0.717, 1.165) is 42.4 Å². The Morgan fingerprint density at radius 3 is 1.12 bits per heavy atom. The first-order chi connectivity index (χ1) is 28.9. The summed E-state index contributed by atoms with van der Waals surface area (Å²) in [6.45, 7) is 4.50. The highest BCUT2D eigenvalue weighted by Crippen LogP contribution is 2.45. The molecule has 4 aliphatic carbocycles. The molecule has 2 heterocycles. The predicted molar refractivity (Wildman–Crippen MR) is 225 cm³/mol. The molecular formula is C49H84F6O5. The summed E-state index contributed by atoms with van der Waals surface area (Å²) in [7, 11) is 1.82. The number of methoxy groups -OCH3 is 1. The largest absolute Gasteiger partial charge is 0.389 e. The Balaban J connectivity index is 0.000000232. The van der Waals surface area contributed by atoms with E-state index in [1.807, 2.05) is 7.11 Å². The summed E-state index contributed by atoms with van der Waals surface area (Å²) in [6, 6.07) is 0. The zero-order chi connectivity index (χ0) is 42.8. The van der Waals surface area contributed by atoms with Crippen LogP contribution in [0.5, 0.6) is 0 Å². The number of hydrogen-bond acceptors (Lipinski definition) is 5. The molecule has 11 heteroatoms. The van der Waals surface area contributed by atoms with Crippen molar-refractivity contribution < 1.29 is 50.0 Å². The third kappa shape index (κ3) is 18.5. The van der Waals surface area contributed by atoms with Gasteiger partial charge in [0.25, 0.3) is 0 Å². The van der Waals surface area contributed by atoms with E-state index in [-0.39, 0.29) is 37.3 Å². The first-order valence-corrected chi connectivity index (χ1v) is 25.0. The van der Waals surface area contributed by atoms with E-state index in [0.29, 0.717) is 57.2 Å². The Morgan fingerprint density at radius 1 is 0.400 bits per heavy atom. The van der Waals surface area contributed by atoms with Crippen LogP contribution in [0.15, 0.2) is 0 Å². The van der Waals surface area contributed by atoms with E-state index in [1.165, 1.54) is 135 Å². The molecule has 4 saturated carbocycles. The van der Waals surface area contributed by atoms with Crippen LogP contribution >= 0.6 is 0 Å². The third-order valence-electron chi connectivity index (χ3n) is 15.8. The Hall–Kier alpha value is -0.620. The van der Waals surface area contributed by atoms with Crippen molar-refractivity contribution in [1.82, 2.24) is 0 Å². The minimum Gasteiger partial charge on any atom is -0.381 e. The van der Waals surface area contributed by atoms with Crippen molar-refractivity contribution in [1.29, 1.82) is 0 Å².